The van der Waals surface area contributed by atoms with E-state index in [9.17, 15) is 14.0 Å². The molecule has 0 spiro atoms. The van der Waals surface area contributed by atoms with Gasteiger partial charge in [0.1, 0.15) is 17.9 Å². The molecule has 1 N–H and O–H groups in total. The minimum absolute atomic E-state index is 0.116. The number of nitrogens with one attached hydrogen (secondary N) is 1. The van der Waals surface area contributed by atoms with Crippen LogP contribution < -0.4 is 10.9 Å². The molecule has 0 saturated heterocycles. The Labute approximate surface area is 139 Å². The summed E-state index contributed by atoms with van der Waals surface area (Å²) >= 11 is 5.65. The van der Waals surface area contributed by atoms with E-state index < -0.39 is 17.3 Å². The first-order valence-corrected chi connectivity index (χ1v) is 7.26. The number of anilines is 1. The van der Waals surface area contributed by atoms with Gasteiger partial charge in [-0.25, -0.2) is 4.39 Å². The molecule has 0 aliphatic heterocycles. The highest BCUT2D eigenvalue weighted by Crippen LogP contribution is 2.19. The Kier molecular flexibility index (Phi) is 4.02. The molecule has 3 aromatic rings. The van der Waals surface area contributed by atoms with Crippen molar-refractivity contribution in [3.8, 4) is 0 Å². The summed E-state index contributed by atoms with van der Waals surface area (Å²) in [5.74, 6) is -1.12. The highest BCUT2D eigenvalue weighted by molar-refractivity contribution is 6.31. The summed E-state index contributed by atoms with van der Waals surface area (Å²) in [4.78, 5) is 24.4. The van der Waals surface area contributed by atoms with Crippen LogP contribution in [0.5, 0.6) is 0 Å². The molecule has 0 unspecified atom stereocenters. The molecular formula is C14H12ClFN6O2. The van der Waals surface area contributed by atoms with Crippen LogP contribution in [0.15, 0.2) is 23.0 Å². The number of aryl methyl sites for hydroxylation is 2. The summed E-state index contributed by atoms with van der Waals surface area (Å²) in [6.07, 6.45) is 0. The van der Waals surface area contributed by atoms with E-state index in [-0.39, 0.29) is 17.1 Å². The second kappa shape index (κ2) is 6.00. The van der Waals surface area contributed by atoms with Gasteiger partial charge in [0.2, 0.25) is 5.91 Å². The lowest BCUT2D eigenvalue weighted by atomic mass is 10.3. The first-order valence-electron chi connectivity index (χ1n) is 6.89. The number of halogens is 2. The van der Waals surface area contributed by atoms with Crippen molar-refractivity contribution in [2.24, 2.45) is 7.05 Å². The van der Waals surface area contributed by atoms with E-state index in [1.54, 1.807) is 14.0 Å². The summed E-state index contributed by atoms with van der Waals surface area (Å²) in [5.41, 5.74) is 1.03. The first kappa shape index (κ1) is 16.1. The van der Waals surface area contributed by atoms with E-state index >= 15 is 0 Å². The summed E-state index contributed by atoms with van der Waals surface area (Å²) in [6.45, 7) is 1.41. The fraction of sp³-hybridized carbons (Fsp3) is 0.214. The number of amides is 1. The van der Waals surface area contributed by atoms with Gasteiger partial charge in [-0.2, -0.15) is 9.78 Å². The highest BCUT2D eigenvalue weighted by Gasteiger charge is 2.15. The van der Waals surface area contributed by atoms with Crippen molar-refractivity contribution in [1.29, 1.82) is 0 Å². The van der Waals surface area contributed by atoms with Crippen molar-refractivity contribution in [2.75, 3.05) is 5.32 Å². The van der Waals surface area contributed by atoms with E-state index in [4.69, 9.17) is 11.6 Å². The zero-order valence-corrected chi connectivity index (χ0v) is 13.5. The number of fused-ring (bicyclic) bond motifs is 1. The molecule has 0 saturated carbocycles. The molecule has 3 rings (SSSR count). The molecule has 10 heteroatoms. The number of nitrogens with zero attached hydrogens (tertiary/aromatic N) is 5. The molecule has 1 amide bonds. The Morgan fingerprint density at radius 2 is 2.12 bits per heavy atom. The van der Waals surface area contributed by atoms with Crippen LogP contribution in [-0.2, 0) is 18.4 Å². The third-order valence-electron chi connectivity index (χ3n) is 3.49. The van der Waals surface area contributed by atoms with Crippen molar-refractivity contribution in [1.82, 2.24) is 24.8 Å². The quantitative estimate of drug-likeness (QED) is 0.767. The number of carbonyl (C=O) groups is 1. The zero-order valence-electron chi connectivity index (χ0n) is 12.7. The van der Waals surface area contributed by atoms with Gasteiger partial charge in [0.25, 0.3) is 5.56 Å². The summed E-state index contributed by atoms with van der Waals surface area (Å²) in [6, 6.07) is 3.76. The van der Waals surface area contributed by atoms with Crippen LogP contribution in [0.4, 0.5) is 10.1 Å². The highest BCUT2D eigenvalue weighted by atomic mass is 35.5. The number of benzene rings is 1. The summed E-state index contributed by atoms with van der Waals surface area (Å²) in [5, 5.41) is 14.1. The Morgan fingerprint density at radius 1 is 1.38 bits per heavy atom. The van der Waals surface area contributed by atoms with Crippen LogP contribution in [0.2, 0.25) is 5.02 Å². The van der Waals surface area contributed by atoms with Crippen molar-refractivity contribution < 1.29 is 9.18 Å². The summed E-state index contributed by atoms with van der Waals surface area (Å²) in [7, 11) is 1.69. The van der Waals surface area contributed by atoms with E-state index in [0.29, 0.717) is 16.9 Å². The van der Waals surface area contributed by atoms with Crippen LogP contribution in [-0.4, -0.2) is 30.7 Å². The van der Waals surface area contributed by atoms with Crippen LogP contribution in [0, 0.1) is 12.7 Å². The van der Waals surface area contributed by atoms with Crippen molar-refractivity contribution in [3.05, 3.63) is 45.1 Å². The van der Waals surface area contributed by atoms with Crippen LogP contribution in [0.1, 0.15) is 5.69 Å². The van der Waals surface area contributed by atoms with Crippen molar-refractivity contribution in [2.45, 2.75) is 13.5 Å². The average Bonchev–Trinajstić information content (AvgIpc) is 2.82. The standard InChI is InChI=1S/C14H12ClFN6O2/c1-7-12-13(19-21(7)2)14(24)22(20-18-12)6-11(23)17-8-3-4-10(16)9(15)5-8/h3-5H,6H2,1-2H3,(H,17,23). The van der Waals surface area contributed by atoms with Gasteiger partial charge in [-0.15, -0.1) is 5.10 Å². The fourth-order valence-corrected chi connectivity index (χ4v) is 2.32. The van der Waals surface area contributed by atoms with Gasteiger partial charge in [-0.3, -0.25) is 14.3 Å². The van der Waals surface area contributed by atoms with E-state index in [1.807, 2.05) is 0 Å². The van der Waals surface area contributed by atoms with Gasteiger partial charge in [0.05, 0.1) is 10.7 Å². The summed E-state index contributed by atoms with van der Waals surface area (Å²) < 4.78 is 15.5. The SMILES string of the molecule is Cc1c2nnn(CC(=O)Nc3ccc(F)c(Cl)c3)c(=O)c2nn1C. The molecule has 2 aromatic heterocycles. The normalized spacial score (nSPS) is 11.0. The molecule has 0 fully saturated rings. The molecule has 0 aliphatic carbocycles. The minimum atomic E-state index is -0.590. The van der Waals surface area contributed by atoms with Gasteiger partial charge in [-0.1, -0.05) is 16.8 Å². The van der Waals surface area contributed by atoms with E-state index in [2.05, 4.69) is 20.7 Å². The Morgan fingerprint density at radius 3 is 2.83 bits per heavy atom. The topological polar surface area (TPSA) is 94.7 Å². The minimum Gasteiger partial charge on any atom is -0.324 e. The molecule has 24 heavy (non-hydrogen) atoms. The molecule has 8 nitrogen and oxygen atoms in total. The van der Waals surface area contributed by atoms with Crippen LogP contribution in [0.25, 0.3) is 11.0 Å². The number of aromatic nitrogens is 5. The Hall–Kier alpha value is -2.81. The molecular weight excluding hydrogens is 339 g/mol. The Bertz CT molecular complexity index is 1010. The zero-order chi connectivity index (χ0) is 17.4. The molecule has 2 heterocycles. The second-order valence-electron chi connectivity index (χ2n) is 5.14. The van der Waals surface area contributed by atoms with Gasteiger partial charge >= 0.3 is 0 Å². The number of carbonyl (C=O) groups excluding carboxylic acids is 1. The Balaban J connectivity index is 1.84. The fourth-order valence-electron chi connectivity index (χ4n) is 2.14. The smallest absolute Gasteiger partial charge is 0.298 e. The predicted molar refractivity (Wildman–Crippen MR) is 85.3 cm³/mol. The van der Waals surface area contributed by atoms with E-state index in [0.717, 1.165) is 10.7 Å². The second-order valence-corrected chi connectivity index (χ2v) is 5.54. The molecule has 0 aliphatic rings. The van der Waals surface area contributed by atoms with Crippen LogP contribution in [0.3, 0.4) is 0 Å². The maximum atomic E-state index is 13.1. The lowest BCUT2D eigenvalue weighted by Gasteiger charge is -2.06. The predicted octanol–water partition coefficient (Wildman–Crippen LogP) is 1.26. The number of rotatable bonds is 3. The lowest BCUT2D eigenvalue weighted by molar-refractivity contribution is -0.117. The third-order valence-corrected chi connectivity index (χ3v) is 3.78. The maximum absolute atomic E-state index is 13.1. The van der Waals surface area contributed by atoms with Gasteiger partial charge in [-0.05, 0) is 25.1 Å². The molecule has 124 valence electrons. The maximum Gasteiger partial charge on any atom is 0.298 e. The molecule has 0 bridgehead atoms. The molecule has 0 atom stereocenters. The van der Waals surface area contributed by atoms with E-state index in [1.165, 1.54) is 16.8 Å². The number of hydrogen-bond donors (Lipinski definition) is 1. The third kappa shape index (κ3) is 2.85. The van der Waals surface area contributed by atoms with Crippen LogP contribution >= 0.6 is 11.6 Å². The molecule has 1 aromatic carbocycles. The van der Waals surface area contributed by atoms with Gasteiger partial charge in [0, 0.05) is 12.7 Å². The van der Waals surface area contributed by atoms with Crippen molar-refractivity contribution in [3.63, 3.8) is 0 Å². The number of hydrogen-bond acceptors (Lipinski definition) is 5. The van der Waals surface area contributed by atoms with Gasteiger partial charge < -0.3 is 5.32 Å². The lowest BCUT2D eigenvalue weighted by Crippen LogP contribution is -2.30. The first-order chi connectivity index (χ1) is 11.4. The average molecular weight is 351 g/mol. The monoisotopic (exact) mass is 350 g/mol. The molecule has 0 radical (unpaired) electrons. The van der Waals surface area contributed by atoms with Crippen molar-refractivity contribution >= 4 is 34.2 Å². The largest absolute Gasteiger partial charge is 0.324 e. The van der Waals surface area contributed by atoms with Gasteiger partial charge in [0.15, 0.2) is 5.52 Å².